The number of pyridine rings is 1. The maximum absolute atomic E-state index is 11.3. The molecule has 4 heteroatoms. The molecule has 0 bridgehead atoms. The van der Waals surface area contributed by atoms with Crippen LogP contribution in [0.2, 0.25) is 0 Å². The Morgan fingerprint density at radius 3 is 2.94 bits per heavy atom. The molecule has 0 spiro atoms. The Balaban J connectivity index is 1.72. The molecule has 0 saturated heterocycles. The Labute approximate surface area is 110 Å². The van der Waals surface area contributed by atoms with Crippen molar-refractivity contribution in [1.29, 1.82) is 0 Å². The minimum atomic E-state index is 0.0143. The van der Waals surface area contributed by atoms with Crippen LogP contribution in [0.5, 0.6) is 0 Å². The minimum Gasteiger partial charge on any atom is -0.326 e. The van der Waals surface area contributed by atoms with Gasteiger partial charge in [-0.25, -0.2) is 0 Å². The molecule has 0 aliphatic carbocycles. The van der Waals surface area contributed by atoms with Gasteiger partial charge in [0.25, 0.3) is 0 Å². The lowest BCUT2D eigenvalue weighted by Crippen LogP contribution is -2.25. The Kier molecular flexibility index (Phi) is 3.30. The van der Waals surface area contributed by atoms with Crippen LogP contribution in [0.4, 0.5) is 0 Å². The molecule has 3 nitrogen and oxygen atoms in total. The minimum absolute atomic E-state index is 0.0143. The van der Waals surface area contributed by atoms with Crippen molar-refractivity contribution < 1.29 is 0 Å². The SMILES string of the molecule is O=c1ccc2c([nH]1)CCN(Cc1cccs1)CC2. The summed E-state index contributed by atoms with van der Waals surface area (Å²) < 4.78 is 0. The third-order valence-corrected chi connectivity index (χ3v) is 4.29. The second-order valence-electron chi connectivity index (χ2n) is 4.68. The number of H-pyrrole nitrogens is 1. The van der Waals surface area contributed by atoms with E-state index in [0.717, 1.165) is 38.2 Å². The summed E-state index contributed by atoms with van der Waals surface area (Å²) in [6.07, 6.45) is 1.97. The summed E-state index contributed by atoms with van der Waals surface area (Å²) in [5.74, 6) is 0. The van der Waals surface area contributed by atoms with E-state index in [4.69, 9.17) is 0 Å². The van der Waals surface area contributed by atoms with Crippen LogP contribution in [0.3, 0.4) is 0 Å². The summed E-state index contributed by atoms with van der Waals surface area (Å²) in [6.45, 7) is 3.11. The zero-order valence-corrected chi connectivity index (χ0v) is 11.0. The van der Waals surface area contributed by atoms with E-state index >= 15 is 0 Å². The maximum Gasteiger partial charge on any atom is 0.248 e. The normalized spacial score (nSPS) is 16.2. The van der Waals surface area contributed by atoms with Gasteiger partial charge in [-0.3, -0.25) is 9.69 Å². The highest BCUT2D eigenvalue weighted by atomic mass is 32.1. The molecule has 0 atom stereocenters. The molecule has 0 fully saturated rings. The molecule has 0 unspecified atom stereocenters. The summed E-state index contributed by atoms with van der Waals surface area (Å²) in [5.41, 5.74) is 2.43. The number of fused-ring (bicyclic) bond motifs is 1. The fourth-order valence-electron chi connectivity index (χ4n) is 2.45. The molecule has 1 aliphatic heterocycles. The molecule has 18 heavy (non-hydrogen) atoms. The second-order valence-corrected chi connectivity index (χ2v) is 5.71. The van der Waals surface area contributed by atoms with Crippen molar-refractivity contribution in [3.63, 3.8) is 0 Å². The molecule has 0 saturated carbocycles. The van der Waals surface area contributed by atoms with Gasteiger partial charge in [-0.1, -0.05) is 12.1 Å². The largest absolute Gasteiger partial charge is 0.326 e. The van der Waals surface area contributed by atoms with E-state index in [2.05, 4.69) is 27.4 Å². The number of nitrogens with one attached hydrogen (secondary N) is 1. The molecule has 2 aromatic heterocycles. The smallest absolute Gasteiger partial charge is 0.248 e. The average Bonchev–Trinajstić information content (AvgIpc) is 2.79. The lowest BCUT2D eigenvalue weighted by atomic mass is 10.1. The van der Waals surface area contributed by atoms with E-state index in [1.807, 2.05) is 17.4 Å². The first kappa shape index (κ1) is 11.7. The number of nitrogens with zero attached hydrogens (tertiary/aromatic N) is 1. The van der Waals surface area contributed by atoms with Gasteiger partial charge in [0.1, 0.15) is 0 Å². The first-order valence-corrected chi connectivity index (χ1v) is 7.15. The Morgan fingerprint density at radius 1 is 1.22 bits per heavy atom. The van der Waals surface area contributed by atoms with E-state index < -0.39 is 0 Å². The standard InChI is InChI=1S/C14H16N2OS/c17-14-4-3-11-5-7-16(8-6-13(11)15-14)10-12-2-1-9-18-12/h1-4,9H,5-8,10H2,(H,15,17). The molecule has 3 rings (SSSR count). The molecule has 3 heterocycles. The molecule has 1 aliphatic rings. The van der Waals surface area contributed by atoms with E-state index in [9.17, 15) is 4.79 Å². The van der Waals surface area contributed by atoms with Crippen molar-refractivity contribution in [3.8, 4) is 0 Å². The van der Waals surface area contributed by atoms with Crippen LogP contribution in [0.25, 0.3) is 0 Å². The predicted molar refractivity (Wildman–Crippen MR) is 74.1 cm³/mol. The maximum atomic E-state index is 11.3. The molecular formula is C14H16N2OS. The molecular weight excluding hydrogens is 244 g/mol. The van der Waals surface area contributed by atoms with Crippen LogP contribution < -0.4 is 5.56 Å². The highest BCUT2D eigenvalue weighted by Gasteiger charge is 2.14. The van der Waals surface area contributed by atoms with Crippen LogP contribution in [0.1, 0.15) is 16.1 Å². The summed E-state index contributed by atoms with van der Waals surface area (Å²) in [5, 5.41) is 2.12. The molecule has 94 valence electrons. The van der Waals surface area contributed by atoms with Gasteiger partial charge in [-0.15, -0.1) is 11.3 Å². The topological polar surface area (TPSA) is 36.1 Å². The van der Waals surface area contributed by atoms with Crippen molar-refractivity contribution in [2.45, 2.75) is 19.4 Å². The van der Waals surface area contributed by atoms with Gasteiger partial charge < -0.3 is 4.98 Å². The van der Waals surface area contributed by atoms with E-state index in [1.165, 1.54) is 10.4 Å². The van der Waals surface area contributed by atoms with Crippen molar-refractivity contribution in [2.24, 2.45) is 0 Å². The number of hydrogen-bond acceptors (Lipinski definition) is 3. The van der Waals surface area contributed by atoms with Gasteiger partial charge in [-0.2, -0.15) is 0 Å². The monoisotopic (exact) mass is 260 g/mol. The Hall–Kier alpha value is -1.39. The van der Waals surface area contributed by atoms with Crippen molar-refractivity contribution in [3.05, 3.63) is 56.1 Å². The number of rotatable bonds is 2. The van der Waals surface area contributed by atoms with Gasteiger partial charge in [0.05, 0.1) is 0 Å². The number of aromatic amines is 1. The molecule has 0 amide bonds. The van der Waals surface area contributed by atoms with E-state index in [-0.39, 0.29) is 5.56 Å². The Morgan fingerprint density at radius 2 is 2.11 bits per heavy atom. The Bertz CT molecular complexity index is 574. The van der Waals surface area contributed by atoms with Crippen LogP contribution >= 0.6 is 11.3 Å². The third-order valence-electron chi connectivity index (χ3n) is 3.43. The van der Waals surface area contributed by atoms with Gasteiger partial charge in [0, 0.05) is 42.7 Å². The summed E-state index contributed by atoms with van der Waals surface area (Å²) >= 11 is 1.81. The highest BCUT2D eigenvalue weighted by molar-refractivity contribution is 7.09. The molecule has 0 radical (unpaired) electrons. The second kappa shape index (κ2) is 5.08. The zero-order chi connectivity index (χ0) is 12.4. The summed E-state index contributed by atoms with van der Waals surface area (Å²) in [4.78, 5) is 18.2. The van der Waals surface area contributed by atoms with E-state index in [1.54, 1.807) is 6.07 Å². The van der Waals surface area contributed by atoms with Crippen LogP contribution in [0.15, 0.2) is 34.4 Å². The van der Waals surface area contributed by atoms with Crippen LogP contribution in [-0.2, 0) is 19.4 Å². The third kappa shape index (κ3) is 2.54. The van der Waals surface area contributed by atoms with Gasteiger partial charge >= 0.3 is 0 Å². The van der Waals surface area contributed by atoms with Crippen molar-refractivity contribution >= 4 is 11.3 Å². The molecule has 1 N–H and O–H groups in total. The predicted octanol–water partition coefficient (Wildman–Crippen LogP) is 2.04. The quantitative estimate of drug-likeness (QED) is 0.897. The van der Waals surface area contributed by atoms with Crippen LogP contribution in [-0.4, -0.2) is 23.0 Å². The fraction of sp³-hybridized carbons (Fsp3) is 0.357. The summed E-state index contributed by atoms with van der Waals surface area (Å²) in [7, 11) is 0. The first-order chi connectivity index (χ1) is 8.81. The van der Waals surface area contributed by atoms with Crippen molar-refractivity contribution in [2.75, 3.05) is 13.1 Å². The zero-order valence-electron chi connectivity index (χ0n) is 10.2. The lowest BCUT2D eigenvalue weighted by Gasteiger charge is -2.18. The van der Waals surface area contributed by atoms with Gasteiger partial charge in [0.2, 0.25) is 5.56 Å². The van der Waals surface area contributed by atoms with Gasteiger partial charge in [-0.05, 0) is 23.4 Å². The molecule has 0 aromatic carbocycles. The number of hydrogen-bond donors (Lipinski definition) is 1. The fourth-order valence-corrected chi connectivity index (χ4v) is 3.19. The first-order valence-electron chi connectivity index (χ1n) is 6.27. The van der Waals surface area contributed by atoms with Crippen molar-refractivity contribution in [1.82, 2.24) is 9.88 Å². The number of aromatic nitrogens is 1. The molecule has 2 aromatic rings. The van der Waals surface area contributed by atoms with Gasteiger partial charge in [0.15, 0.2) is 0 Å². The van der Waals surface area contributed by atoms with Crippen LogP contribution in [0, 0.1) is 0 Å². The average molecular weight is 260 g/mol. The lowest BCUT2D eigenvalue weighted by molar-refractivity contribution is 0.281. The summed E-state index contributed by atoms with van der Waals surface area (Å²) in [6, 6.07) is 7.89. The highest BCUT2D eigenvalue weighted by Crippen LogP contribution is 2.16. The van der Waals surface area contributed by atoms with E-state index in [0.29, 0.717) is 0 Å². The number of thiophene rings is 1.